The molecule has 0 aliphatic heterocycles. The first-order valence-corrected chi connectivity index (χ1v) is 8.05. The molecule has 0 spiro atoms. The van der Waals surface area contributed by atoms with E-state index in [0.717, 1.165) is 46.7 Å². The average Bonchev–Trinajstić information content (AvgIpc) is 2.45. The molecule has 0 fully saturated rings. The van der Waals surface area contributed by atoms with Gasteiger partial charge in [0.25, 0.3) is 0 Å². The van der Waals surface area contributed by atoms with Crippen molar-refractivity contribution < 1.29 is 0 Å². The van der Waals surface area contributed by atoms with Gasteiger partial charge in [-0.25, -0.2) is 9.97 Å². The summed E-state index contributed by atoms with van der Waals surface area (Å²) in [5.74, 6) is 1.78. The molecule has 0 bridgehead atoms. The number of anilines is 3. The van der Waals surface area contributed by atoms with Gasteiger partial charge in [-0.15, -0.1) is 0 Å². The molecule has 0 radical (unpaired) electrons. The van der Waals surface area contributed by atoms with Gasteiger partial charge in [0, 0.05) is 16.6 Å². The third-order valence-electron chi connectivity index (χ3n) is 3.17. The van der Waals surface area contributed by atoms with Crippen molar-refractivity contribution in [2.45, 2.75) is 33.6 Å². The van der Waals surface area contributed by atoms with E-state index in [9.17, 15) is 0 Å². The molecule has 0 aliphatic carbocycles. The van der Waals surface area contributed by atoms with Gasteiger partial charge in [0.05, 0.1) is 5.69 Å². The summed E-state index contributed by atoms with van der Waals surface area (Å²) in [4.78, 5) is 8.77. The second kappa shape index (κ2) is 7.41. The number of hydrogen-bond acceptors (Lipinski definition) is 4. The van der Waals surface area contributed by atoms with Crippen LogP contribution in [0.4, 0.5) is 17.3 Å². The van der Waals surface area contributed by atoms with Crippen LogP contribution in [0.1, 0.15) is 31.4 Å². The lowest BCUT2D eigenvalue weighted by Crippen LogP contribution is -2.08. The Morgan fingerprint density at radius 3 is 2.57 bits per heavy atom. The van der Waals surface area contributed by atoms with Gasteiger partial charge in [-0.2, -0.15) is 0 Å². The minimum atomic E-state index is 0.849. The van der Waals surface area contributed by atoms with Crippen molar-refractivity contribution in [3.05, 3.63) is 40.1 Å². The molecule has 112 valence electrons. The summed E-state index contributed by atoms with van der Waals surface area (Å²) in [6.07, 6.45) is 3.59. The molecule has 0 aliphatic rings. The highest BCUT2D eigenvalue weighted by Gasteiger charge is 2.11. The van der Waals surface area contributed by atoms with E-state index in [-0.39, 0.29) is 0 Å². The zero-order valence-electron chi connectivity index (χ0n) is 12.7. The fourth-order valence-corrected chi connectivity index (χ4v) is 2.77. The van der Waals surface area contributed by atoms with Gasteiger partial charge in [-0.05, 0) is 53.9 Å². The molecule has 5 heteroatoms. The average molecular weight is 349 g/mol. The van der Waals surface area contributed by atoms with Gasteiger partial charge < -0.3 is 10.6 Å². The second-order valence-corrected chi connectivity index (χ2v) is 5.79. The second-order valence-electron chi connectivity index (χ2n) is 4.94. The first kappa shape index (κ1) is 15.8. The fraction of sp³-hybridized carbons (Fsp3) is 0.375. The molecule has 2 aromatic rings. The number of hydrogen-bond donors (Lipinski definition) is 2. The van der Waals surface area contributed by atoms with Gasteiger partial charge in [0.2, 0.25) is 0 Å². The maximum Gasteiger partial charge on any atom is 0.139 e. The number of halogens is 1. The Morgan fingerprint density at radius 1 is 1.14 bits per heavy atom. The number of benzene rings is 1. The van der Waals surface area contributed by atoms with E-state index in [0.29, 0.717) is 0 Å². The SMILES string of the molecule is CCCc1c(NCC)ncnc1Nc1ccc(C)cc1Br. The Labute approximate surface area is 134 Å². The Bertz CT molecular complexity index is 613. The Kier molecular flexibility index (Phi) is 5.56. The number of aryl methyl sites for hydroxylation is 1. The van der Waals surface area contributed by atoms with Crippen molar-refractivity contribution in [1.29, 1.82) is 0 Å². The van der Waals surface area contributed by atoms with Gasteiger partial charge in [-0.3, -0.25) is 0 Å². The molecule has 4 nitrogen and oxygen atoms in total. The van der Waals surface area contributed by atoms with Crippen LogP contribution in [0.3, 0.4) is 0 Å². The molecule has 0 amide bonds. The van der Waals surface area contributed by atoms with Crippen molar-refractivity contribution in [3.63, 3.8) is 0 Å². The lowest BCUT2D eigenvalue weighted by atomic mass is 10.1. The van der Waals surface area contributed by atoms with Crippen LogP contribution in [-0.2, 0) is 6.42 Å². The lowest BCUT2D eigenvalue weighted by Gasteiger charge is -2.15. The van der Waals surface area contributed by atoms with Crippen LogP contribution >= 0.6 is 15.9 Å². The fourth-order valence-electron chi connectivity index (χ4n) is 2.18. The predicted octanol–water partition coefficient (Wildman–Crippen LogP) is 4.68. The van der Waals surface area contributed by atoms with E-state index >= 15 is 0 Å². The van der Waals surface area contributed by atoms with Crippen molar-refractivity contribution in [1.82, 2.24) is 9.97 Å². The Morgan fingerprint density at radius 2 is 1.90 bits per heavy atom. The van der Waals surface area contributed by atoms with Gasteiger partial charge in [-0.1, -0.05) is 19.4 Å². The van der Waals surface area contributed by atoms with Crippen LogP contribution in [0.25, 0.3) is 0 Å². The third kappa shape index (κ3) is 3.94. The van der Waals surface area contributed by atoms with Gasteiger partial charge in [0.1, 0.15) is 18.0 Å². The highest BCUT2D eigenvalue weighted by molar-refractivity contribution is 9.10. The van der Waals surface area contributed by atoms with E-state index in [2.05, 4.69) is 75.5 Å². The highest BCUT2D eigenvalue weighted by atomic mass is 79.9. The quantitative estimate of drug-likeness (QED) is 0.795. The summed E-state index contributed by atoms with van der Waals surface area (Å²) < 4.78 is 1.04. The zero-order valence-corrected chi connectivity index (χ0v) is 14.3. The molecule has 21 heavy (non-hydrogen) atoms. The standard InChI is InChI=1S/C16H21BrN4/c1-4-6-12-15(18-5-2)19-10-20-16(12)21-14-8-7-11(3)9-13(14)17/h7-10H,4-6H2,1-3H3,(H2,18,19,20,21). The molecule has 0 saturated heterocycles. The van der Waals surface area contributed by atoms with E-state index in [4.69, 9.17) is 0 Å². The van der Waals surface area contributed by atoms with E-state index in [1.807, 2.05) is 0 Å². The van der Waals surface area contributed by atoms with Crippen LogP contribution < -0.4 is 10.6 Å². The molecule has 2 rings (SSSR count). The summed E-state index contributed by atoms with van der Waals surface area (Å²) in [5.41, 5.74) is 3.37. The molecular weight excluding hydrogens is 328 g/mol. The molecule has 1 heterocycles. The minimum absolute atomic E-state index is 0.849. The summed E-state index contributed by atoms with van der Waals surface area (Å²) in [7, 11) is 0. The number of aromatic nitrogens is 2. The van der Waals surface area contributed by atoms with Gasteiger partial charge in [0.15, 0.2) is 0 Å². The van der Waals surface area contributed by atoms with Crippen LogP contribution in [0, 0.1) is 6.92 Å². The predicted molar refractivity (Wildman–Crippen MR) is 92.4 cm³/mol. The van der Waals surface area contributed by atoms with Crippen molar-refractivity contribution in [2.75, 3.05) is 17.2 Å². The summed E-state index contributed by atoms with van der Waals surface area (Å²) in [6, 6.07) is 6.23. The van der Waals surface area contributed by atoms with Crippen molar-refractivity contribution in [3.8, 4) is 0 Å². The first-order valence-electron chi connectivity index (χ1n) is 7.26. The maximum atomic E-state index is 4.42. The molecule has 1 aromatic heterocycles. The molecular formula is C16H21BrN4. The van der Waals surface area contributed by atoms with Crippen LogP contribution in [0.5, 0.6) is 0 Å². The summed E-state index contributed by atoms with van der Waals surface area (Å²) in [5, 5.41) is 6.72. The number of rotatable bonds is 6. The van der Waals surface area contributed by atoms with Gasteiger partial charge >= 0.3 is 0 Å². The normalized spacial score (nSPS) is 10.5. The zero-order chi connectivity index (χ0) is 15.2. The lowest BCUT2D eigenvalue weighted by molar-refractivity contribution is 0.902. The monoisotopic (exact) mass is 348 g/mol. The summed E-state index contributed by atoms with van der Waals surface area (Å²) >= 11 is 3.60. The van der Waals surface area contributed by atoms with Crippen molar-refractivity contribution >= 4 is 33.3 Å². The molecule has 0 unspecified atom stereocenters. The highest BCUT2D eigenvalue weighted by Crippen LogP contribution is 2.29. The smallest absolute Gasteiger partial charge is 0.139 e. The van der Waals surface area contributed by atoms with Crippen LogP contribution in [0.2, 0.25) is 0 Å². The van der Waals surface area contributed by atoms with E-state index in [1.165, 1.54) is 5.56 Å². The summed E-state index contributed by atoms with van der Waals surface area (Å²) in [6.45, 7) is 7.15. The number of nitrogens with one attached hydrogen (secondary N) is 2. The Hall–Kier alpha value is -1.62. The largest absolute Gasteiger partial charge is 0.370 e. The minimum Gasteiger partial charge on any atom is -0.370 e. The van der Waals surface area contributed by atoms with Crippen molar-refractivity contribution in [2.24, 2.45) is 0 Å². The first-order chi connectivity index (χ1) is 10.2. The molecule has 0 saturated carbocycles. The molecule has 0 atom stereocenters. The Balaban J connectivity index is 2.36. The van der Waals surface area contributed by atoms with E-state index < -0.39 is 0 Å². The molecule has 1 aromatic carbocycles. The van der Waals surface area contributed by atoms with Crippen LogP contribution in [0.15, 0.2) is 29.0 Å². The number of nitrogens with zero attached hydrogens (tertiary/aromatic N) is 2. The topological polar surface area (TPSA) is 49.8 Å². The van der Waals surface area contributed by atoms with E-state index in [1.54, 1.807) is 6.33 Å². The third-order valence-corrected chi connectivity index (χ3v) is 3.82. The maximum absolute atomic E-state index is 4.42. The molecule has 2 N–H and O–H groups in total. The van der Waals surface area contributed by atoms with Crippen LogP contribution in [-0.4, -0.2) is 16.5 Å².